The minimum atomic E-state index is -5.03. The first-order valence-electron chi connectivity index (χ1n) is 28.8. The molecule has 70 heavy (non-hydrogen) atoms. The van der Waals surface area contributed by atoms with E-state index in [4.69, 9.17) is 18.5 Å². The van der Waals surface area contributed by atoms with Crippen LogP contribution in [0.25, 0.3) is 0 Å². The maximum absolute atomic E-state index is 12.9. The van der Waals surface area contributed by atoms with Gasteiger partial charge in [-0.05, 0) is 51.4 Å². The van der Waals surface area contributed by atoms with Crippen LogP contribution in [0.2, 0.25) is 0 Å². The molecule has 0 spiro atoms. The van der Waals surface area contributed by atoms with Crippen LogP contribution in [0, 0.1) is 0 Å². The number of hydrogen-bond acceptors (Lipinski definition) is 11. The number of hydrogen-bond donors (Lipinski definition) is 6. The second-order valence-electron chi connectivity index (χ2n) is 20.1. The number of aliphatic hydroxyl groups excluding tert-OH is 5. The third-order valence-electron chi connectivity index (χ3n) is 13.5. The first-order chi connectivity index (χ1) is 34.0. The predicted octanol–water partition coefficient (Wildman–Crippen LogP) is 13.8. The molecule has 0 amide bonds. The number of phosphoric ester groups is 1. The number of rotatable bonds is 50. The molecule has 6 unspecified atom stereocenters. The van der Waals surface area contributed by atoms with Gasteiger partial charge in [0, 0.05) is 13.0 Å². The maximum Gasteiger partial charge on any atom is 0.472 e. The summed E-state index contributed by atoms with van der Waals surface area (Å²) in [4.78, 5) is 23.3. The van der Waals surface area contributed by atoms with E-state index in [1.165, 1.54) is 167 Å². The molecule has 0 heterocycles. The molecular formula is C57H107O12P. The molecule has 13 heteroatoms. The smallest absolute Gasteiger partial charge is 0.457 e. The summed E-state index contributed by atoms with van der Waals surface area (Å²) < 4.78 is 34.4. The Labute approximate surface area is 427 Å². The molecule has 0 aliphatic heterocycles. The van der Waals surface area contributed by atoms with Crippen LogP contribution in [0.4, 0.5) is 0 Å². The van der Waals surface area contributed by atoms with Gasteiger partial charge in [-0.15, -0.1) is 0 Å². The molecule has 6 N–H and O–H groups in total. The van der Waals surface area contributed by atoms with Gasteiger partial charge in [0.2, 0.25) is 0 Å². The lowest BCUT2D eigenvalue weighted by Crippen LogP contribution is -2.64. The molecule has 0 aromatic carbocycles. The Hall–Kier alpha value is -1.44. The molecule has 6 atom stereocenters. The Morgan fingerprint density at radius 2 is 0.800 bits per heavy atom. The lowest BCUT2D eigenvalue weighted by molar-refractivity contribution is -0.220. The van der Waals surface area contributed by atoms with E-state index in [-0.39, 0.29) is 13.0 Å². The summed E-state index contributed by atoms with van der Waals surface area (Å²) in [5, 5.41) is 50.4. The Balaban J connectivity index is 2.28. The van der Waals surface area contributed by atoms with Gasteiger partial charge in [0.25, 0.3) is 0 Å². The molecule has 12 nitrogen and oxygen atoms in total. The summed E-state index contributed by atoms with van der Waals surface area (Å²) in [5.41, 5.74) is 0. The summed E-state index contributed by atoms with van der Waals surface area (Å²) in [5.74, 6) is -0.475. The highest BCUT2D eigenvalue weighted by atomic mass is 31.2. The monoisotopic (exact) mass is 1010 g/mol. The maximum atomic E-state index is 12.9. The quantitative estimate of drug-likeness (QED) is 0.0146. The van der Waals surface area contributed by atoms with Gasteiger partial charge in [-0.3, -0.25) is 13.8 Å². The third kappa shape index (κ3) is 38.2. The van der Waals surface area contributed by atoms with E-state index >= 15 is 0 Å². The molecule has 1 aliphatic carbocycles. The molecule has 0 saturated heterocycles. The number of esters is 1. The van der Waals surface area contributed by atoms with Crippen molar-refractivity contribution in [2.45, 2.75) is 301 Å². The molecule has 0 radical (unpaired) electrons. The average Bonchev–Trinajstić information content (AvgIpc) is 3.35. The zero-order chi connectivity index (χ0) is 51.2. The Bertz CT molecular complexity index is 1300. The van der Waals surface area contributed by atoms with E-state index in [1.807, 2.05) is 0 Å². The minimum Gasteiger partial charge on any atom is -0.457 e. The van der Waals surface area contributed by atoms with E-state index in [1.54, 1.807) is 0 Å². The van der Waals surface area contributed by atoms with Crippen LogP contribution >= 0.6 is 7.82 Å². The zero-order valence-electron chi connectivity index (χ0n) is 44.6. The van der Waals surface area contributed by atoms with Gasteiger partial charge in [0.15, 0.2) is 0 Å². The van der Waals surface area contributed by atoms with Crippen LogP contribution < -0.4 is 0 Å². The van der Waals surface area contributed by atoms with E-state index in [2.05, 4.69) is 50.3 Å². The third-order valence-corrected chi connectivity index (χ3v) is 14.5. The Kier molecular flexibility index (Phi) is 45.0. The van der Waals surface area contributed by atoms with Gasteiger partial charge in [0.1, 0.15) is 42.7 Å². The lowest BCUT2D eigenvalue weighted by Gasteiger charge is -2.41. The van der Waals surface area contributed by atoms with Crippen molar-refractivity contribution in [1.29, 1.82) is 0 Å². The van der Waals surface area contributed by atoms with Gasteiger partial charge in [-0.1, -0.05) is 237 Å². The van der Waals surface area contributed by atoms with Crippen molar-refractivity contribution in [2.75, 3.05) is 19.8 Å². The fraction of sp³-hybridized carbons (Fsp3) is 0.877. The molecule has 412 valence electrons. The summed E-state index contributed by atoms with van der Waals surface area (Å²) in [6, 6.07) is 0. The topological polar surface area (TPSA) is 192 Å². The molecule has 1 rings (SSSR count). The molecule has 1 fully saturated rings. The SMILES string of the molecule is CCCCC/C=C\C/C=C\C/C=C\CCCCCCCCCOCC(COP(=O)(O)OC1C(O)C(O)C(O)C(O)C1O)OC(=O)CCCCCCCCCCCCCCCCCCCCCCCCC. The van der Waals surface area contributed by atoms with E-state index < -0.39 is 63.1 Å². The van der Waals surface area contributed by atoms with E-state index in [9.17, 15) is 39.8 Å². The summed E-state index contributed by atoms with van der Waals surface area (Å²) >= 11 is 0. The van der Waals surface area contributed by atoms with Gasteiger partial charge < -0.3 is 39.9 Å². The van der Waals surface area contributed by atoms with Crippen molar-refractivity contribution in [1.82, 2.24) is 0 Å². The van der Waals surface area contributed by atoms with Crippen molar-refractivity contribution in [3.8, 4) is 0 Å². The van der Waals surface area contributed by atoms with Gasteiger partial charge in [0.05, 0.1) is 13.2 Å². The first kappa shape index (κ1) is 66.6. The molecular weight excluding hydrogens is 908 g/mol. The molecule has 0 bridgehead atoms. The number of ether oxygens (including phenoxy) is 2. The van der Waals surface area contributed by atoms with Crippen LogP contribution in [0.1, 0.15) is 258 Å². The Morgan fingerprint density at radius 1 is 0.457 bits per heavy atom. The molecule has 0 aromatic heterocycles. The van der Waals surface area contributed by atoms with E-state index in [0.717, 1.165) is 64.2 Å². The second-order valence-corrected chi connectivity index (χ2v) is 21.6. The van der Waals surface area contributed by atoms with Crippen molar-refractivity contribution >= 4 is 13.8 Å². The highest BCUT2D eigenvalue weighted by Crippen LogP contribution is 2.47. The Morgan fingerprint density at radius 3 is 1.24 bits per heavy atom. The predicted molar refractivity (Wildman–Crippen MR) is 286 cm³/mol. The van der Waals surface area contributed by atoms with Crippen molar-refractivity contribution < 1.29 is 58.3 Å². The summed E-state index contributed by atoms with van der Waals surface area (Å²) in [6.45, 7) is 4.26. The van der Waals surface area contributed by atoms with Gasteiger partial charge in [-0.2, -0.15) is 0 Å². The lowest BCUT2D eigenvalue weighted by atomic mass is 9.85. The minimum absolute atomic E-state index is 0.0804. The number of carbonyl (C=O) groups is 1. The number of phosphoric acid groups is 1. The van der Waals surface area contributed by atoms with Crippen LogP contribution in [0.5, 0.6) is 0 Å². The fourth-order valence-electron chi connectivity index (χ4n) is 8.95. The molecule has 0 aromatic rings. The van der Waals surface area contributed by atoms with Crippen molar-refractivity contribution in [3.63, 3.8) is 0 Å². The van der Waals surface area contributed by atoms with Crippen LogP contribution in [0.15, 0.2) is 36.5 Å². The zero-order valence-corrected chi connectivity index (χ0v) is 45.5. The van der Waals surface area contributed by atoms with Crippen molar-refractivity contribution in [2.24, 2.45) is 0 Å². The summed E-state index contributed by atoms with van der Waals surface area (Å²) in [6.07, 6.45) is 46.4. The van der Waals surface area contributed by atoms with Gasteiger partial charge in [-0.25, -0.2) is 4.57 Å². The standard InChI is InChI=1S/C57H107O12P/c1-3-5-7-9-11-13-15-17-19-21-23-25-26-27-28-30-32-34-36-38-40-42-44-46-51(58)68-50(49-67-70(64,65)69-57-55(62)53(60)52(59)54(61)56(57)63)48-66-47-45-43-41-39-37-35-33-31-29-24-22-20-18-16-14-12-10-8-6-4-2/h12,14,18,20,24,29,50,52-57,59-63H,3-11,13,15-17,19,21-23,25-28,30-49H2,1-2H3,(H,64,65)/b14-12-,20-18-,29-24-. The summed E-state index contributed by atoms with van der Waals surface area (Å²) in [7, 11) is -5.03. The van der Waals surface area contributed by atoms with Crippen LogP contribution in [-0.4, -0.2) is 98.9 Å². The average molecular weight is 1020 g/mol. The highest BCUT2D eigenvalue weighted by molar-refractivity contribution is 7.47. The van der Waals surface area contributed by atoms with Crippen LogP contribution in [-0.2, 0) is 27.9 Å². The number of allylic oxidation sites excluding steroid dienone is 6. The van der Waals surface area contributed by atoms with E-state index in [0.29, 0.717) is 13.0 Å². The van der Waals surface area contributed by atoms with Gasteiger partial charge >= 0.3 is 13.8 Å². The van der Waals surface area contributed by atoms with Crippen LogP contribution in [0.3, 0.4) is 0 Å². The number of unbranched alkanes of at least 4 members (excludes halogenated alkanes) is 32. The number of carbonyl (C=O) groups excluding carboxylic acids is 1. The van der Waals surface area contributed by atoms with Crippen molar-refractivity contribution in [3.05, 3.63) is 36.5 Å². The number of aliphatic hydroxyl groups is 5. The molecule has 1 saturated carbocycles. The first-order valence-corrected chi connectivity index (χ1v) is 30.3. The fourth-order valence-corrected chi connectivity index (χ4v) is 9.93. The highest BCUT2D eigenvalue weighted by Gasteiger charge is 2.51. The largest absolute Gasteiger partial charge is 0.472 e. The second kappa shape index (κ2) is 47.3. The molecule has 1 aliphatic rings. The normalized spacial score (nSPS) is 21.1.